The first kappa shape index (κ1) is 14.3. The average molecular weight is 253 g/mol. The van der Waals surface area contributed by atoms with E-state index in [9.17, 15) is 0 Å². The molecule has 0 amide bonds. The van der Waals surface area contributed by atoms with Gasteiger partial charge in [-0.15, -0.1) is 0 Å². The molecule has 2 rings (SSSR count). The highest BCUT2D eigenvalue weighted by atomic mass is 16.5. The Bertz CT molecular complexity index is 245. The third kappa shape index (κ3) is 3.71. The maximum atomic E-state index is 6.64. The summed E-state index contributed by atoms with van der Waals surface area (Å²) in [6.45, 7) is 7.88. The van der Waals surface area contributed by atoms with Crippen molar-refractivity contribution in [1.29, 1.82) is 0 Å². The quantitative estimate of drug-likeness (QED) is 0.802. The molecular weight excluding hydrogens is 222 g/mol. The minimum absolute atomic E-state index is 0.153. The van der Waals surface area contributed by atoms with Gasteiger partial charge in [0.25, 0.3) is 0 Å². The van der Waals surface area contributed by atoms with E-state index in [1.807, 2.05) is 0 Å². The summed E-state index contributed by atoms with van der Waals surface area (Å²) < 4.78 is 6.64. The largest absolute Gasteiger partial charge is 0.370 e. The summed E-state index contributed by atoms with van der Waals surface area (Å²) in [7, 11) is 0. The molecule has 0 aromatic carbocycles. The van der Waals surface area contributed by atoms with Gasteiger partial charge in [-0.25, -0.2) is 0 Å². The maximum Gasteiger partial charge on any atom is 0.0810 e. The summed E-state index contributed by atoms with van der Waals surface area (Å²) in [5.74, 6) is 0.760. The Morgan fingerprint density at radius 1 is 1.11 bits per heavy atom. The Morgan fingerprint density at radius 2 is 1.78 bits per heavy atom. The van der Waals surface area contributed by atoms with Crippen LogP contribution in [0.1, 0.15) is 72.1 Å². The van der Waals surface area contributed by atoms with E-state index in [-0.39, 0.29) is 5.60 Å². The maximum absolute atomic E-state index is 6.64. The van der Waals surface area contributed by atoms with Crippen LogP contribution in [-0.2, 0) is 4.74 Å². The van der Waals surface area contributed by atoms with Gasteiger partial charge >= 0.3 is 0 Å². The molecule has 2 unspecified atom stereocenters. The molecule has 106 valence electrons. The monoisotopic (exact) mass is 253 g/mol. The fraction of sp³-hybridized carbons (Fsp3) is 1.00. The van der Waals surface area contributed by atoms with E-state index >= 15 is 0 Å². The van der Waals surface area contributed by atoms with Crippen LogP contribution in [0.15, 0.2) is 0 Å². The average Bonchev–Trinajstić information content (AvgIpc) is 2.79. The topological polar surface area (TPSA) is 21.3 Å². The number of rotatable bonds is 5. The molecule has 0 saturated heterocycles. The van der Waals surface area contributed by atoms with Gasteiger partial charge in [-0.1, -0.05) is 46.5 Å². The van der Waals surface area contributed by atoms with Crippen molar-refractivity contribution in [1.82, 2.24) is 5.32 Å². The molecule has 0 aromatic heterocycles. The minimum Gasteiger partial charge on any atom is -0.370 e. The van der Waals surface area contributed by atoms with Crippen molar-refractivity contribution in [3.63, 3.8) is 0 Å². The van der Waals surface area contributed by atoms with Gasteiger partial charge in [-0.2, -0.15) is 0 Å². The van der Waals surface area contributed by atoms with Crippen LogP contribution >= 0.6 is 0 Å². The van der Waals surface area contributed by atoms with Gasteiger partial charge in [0.1, 0.15) is 0 Å². The number of hydrogen-bond donors (Lipinski definition) is 1. The Labute approximate surface area is 113 Å². The number of hydrogen-bond acceptors (Lipinski definition) is 2. The molecule has 2 aliphatic carbocycles. The third-order valence-corrected chi connectivity index (χ3v) is 4.78. The second-order valence-corrected chi connectivity index (χ2v) is 6.84. The standard InChI is InChI=1S/C16H31NO/c1-13(2)17-12-16(10-6-7-11-16)18-15-9-5-4-8-14(15)3/h13-15,17H,4-12H2,1-3H3. The first-order valence-electron chi connectivity index (χ1n) is 8.02. The third-order valence-electron chi connectivity index (χ3n) is 4.78. The first-order chi connectivity index (χ1) is 8.61. The molecule has 2 heteroatoms. The lowest BCUT2D eigenvalue weighted by Crippen LogP contribution is -2.47. The summed E-state index contributed by atoms with van der Waals surface area (Å²) in [6.07, 6.45) is 11.1. The highest BCUT2D eigenvalue weighted by molar-refractivity contribution is 4.91. The molecule has 18 heavy (non-hydrogen) atoms. The van der Waals surface area contributed by atoms with Crippen LogP contribution in [-0.4, -0.2) is 24.3 Å². The molecule has 2 nitrogen and oxygen atoms in total. The first-order valence-corrected chi connectivity index (χ1v) is 8.02. The van der Waals surface area contributed by atoms with Crippen molar-refractivity contribution in [3.05, 3.63) is 0 Å². The van der Waals surface area contributed by atoms with Crippen LogP contribution < -0.4 is 5.32 Å². The van der Waals surface area contributed by atoms with E-state index in [1.165, 1.54) is 51.4 Å². The van der Waals surface area contributed by atoms with Crippen molar-refractivity contribution in [2.45, 2.75) is 89.9 Å². The van der Waals surface area contributed by atoms with Crippen molar-refractivity contribution >= 4 is 0 Å². The molecule has 2 aliphatic rings. The fourth-order valence-corrected chi connectivity index (χ4v) is 3.52. The summed E-state index contributed by atoms with van der Waals surface area (Å²) in [5.41, 5.74) is 0.153. The molecule has 0 spiro atoms. The fourth-order valence-electron chi connectivity index (χ4n) is 3.52. The van der Waals surface area contributed by atoms with Gasteiger partial charge in [0.05, 0.1) is 11.7 Å². The molecule has 1 N–H and O–H groups in total. The zero-order chi connectivity index (χ0) is 13.0. The molecule has 2 saturated carbocycles. The van der Waals surface area contributed by atoms with Crippen LogP contribution in [0.25, 0.3) is 0 Å². The van der Waals surface area contributed by atoms with Crippen molar-refractivity contribution < 1.29 is 4.74 Å². The number of nitrogens with one attached hydrogen (secondary N) is 1. The lowest BCUT2D eigenvalue weighted by molar-refractivity contribution is -0.119. The van der Waals surface area contributed by atoms with Crippen molar-refractivity contribution in [2.75, 3.05) is 6.54 Å². The molecule has 0 heterocycles. The smallest absolute Gasteiger partial charge is 0.0810 e. The lowest BCUT2D eigenvalue weighted by Gasteiger charge is -2.39. The van der Waals surface area contributed by atoms with Crippen LogP contribution in [0.3, 0.4) is 0 Å². The SMILES string of the molecule is CC(C)NCC1(OC2CCCCC2C)CCCC1. The van der Waals surface area contributed by atoms with Gasteiger partial charge < -0.3 is 10.1 Å². The molecule has 2 atom stereocenters. The Balaban J connectivity index is 1.92. The van der Waals surface area contributed by atoms with Gasteiger partial charge in [0, 0.05) is 12.6 Å². The predicted molar refractivity (Wildman–Crippen MR) is 76.8 cm³/mol. The van der Waals surface area contributed by atoms with E-state index in [4.69, 9.17) is 4.74 Å². The van der Waals surface area contributed by atoms with Gasteiger partial charge in [-0.3, -0.25) is 0 Å². The molecule has 2 fully saturated rings. The summed E-state index contributed by atoms with van der Waals surface area (Å²) >= 11 is 0. The van der Waals surface area contributed by atoms with Gasteiger partial charge in [0.15, 0.2) is 0 Å². The second kappa shape index (κ2) is 6.38. The lowest BCUT2D eigenvalue weighted by atomic mass is 9.87. The van der Waals surface area contributed by atoms with E-state index in [2.05, 4.69) is 26.1 Å². The molecular formula is C16H31NO. The van der Waals surface area contributed by atoms with Crippen LogP contribution in [0, 0.1) is 5.92 Å². The van der Waals surface area contributed by atoms with Crippen LogP contribution in [0.5, 0.6) is 0 Å². The van der Waals surface area contributed by atoms with E-state index in [1.54, 1.807) is 0 Å². The number of ether oxygens (including phenoxy) is 1. The normalized spacial score (nSPS) is 32.0. The van der Waals surface area contributed by atoms with E-state index < -0.39 is 0 Å². The van der Waals surface area contributed by atoms with E-state index in [0.717, 1.165) is 12.5 Å². The second-order valence-electron chi connectivity index (χ2n) is 6.84. The molecule has 0 aliphatic heterocycles. The zero-order valence-electron chi connectivity index (χ0n) is 12.5. The molecule has 0 bridgehead atoms. The Hall–Kier alpha value is -0.0800. The Kier molecular flexibility index (Phi) is 5.08. The highest BCUT2D eigenvalue weighted by Gasteiger charge is 2.38. The predicted octanol–water partition coefficient (Wildman–Crippen LogP) is 3.89. The van der Waals surface area contributed by atoms with E-state index in [0.29, 0.717) is 12.1 Å². The Morgan fingerprint density at radius 3 is 2.39 bits per heavy atom. The molecule has 0 aromatic rings. The molecule has 0 radical (unpaired) electrons. The summed E-state index contributed by atoms with van der Waals surface area (Å²) in [4.78, 5) is 0. The summed E-state index contributed by atoms with van der Waals surface area (Å²) in [6, 6.07) is 0.565. The zero-order valence-corrected chi connectivity index (χ0v) is 12.5. The van der Waals surface area contributed by atoms with Crippen LogP contribution in [0.2, 0.25) is 0 Å². The van der Waals surface area contributed by atoms with Gasteiger partial charge in [0.2, 0.25) is 0 Å². The highest BCUT2D eigenvalue weighted by Crippen LogP contribution is 2.38. The van der Waals surface area contributed by atoms with Crippen molar-refractivity contribution in [2.24, 2.45) is 5.92 Å². The van der Waals surface area contributed by atoms with Crippen LogP contribution in [0.4, 0.5) is 0 Å². The van der Waals surface area contributed by atoms with Gasteiger partial charge in [-0.05, 0) is 31.6 Å². The minimum atomic E-state index is 0.153. The summed E-state index contributed by atoms with van der Waals surface area (Å²) in [5, 5.41) is 3.61. The van der Waals surface area contributed by atoms with Crippen molar-refractivity contribution in [3.8, 4) is 0 Å².